The first-order chi connectivity index (χ1) is 14.1. The van der Waals surface area contributed by atoms with E-state index in [-0.39, 0.29) is 24.1 Å². The molecule has 2 fully saturated rings. The number of rotatable bonds is 5. The zero-order chi connectivity index (χ0) is 20.2. The predicted molar refractivity (Wildman–Crippen MR) is 106 cm³/mol. The monoisotopic (exact) mass is 400 g/mol. The van der Waals surface area contributed by atoms with E-state index in [1.165, 1.54) is 6.07 Å². The van der Waals surface area contributed by atoms with Crippen LogP contribution in [0.1, 0.15) is 12.0 Å². The smallest absolute Gasteiger partial charge is 0.237 e. The molecule has 0 radical (unpaired) electrons. The third-order valence-electron chi connectivity index (χ3n) is 5.60. The number of amides is 2. The fraction of sp³-hybridized carbons (Fsp3) is 0.429. The van der Waals surface area contributed by atoms with Crippen molar-refractivity contribution in [1.29, 1.82) is 0 Å². The number of carbonyl (C=O) groups excluding carboxylic acids is 2. The maximum Gasteiger partial charge on any atom is 0.237 e. The normalized spacial score (nSPS) is 20.6. The van der Waals surface area contributed by atoms with Crippen molar-refractivity contribution in [3.05, 3.63) is 54.2 Å². The van der Waals surface area contributed by atoms with Gasteiger partial charge in [-0.25, -0.2) is 4.39 Å². The molecule has 0 spiro atoms. The second-order valence-corrected chi connectivity index (χ2v) is 7.43. The molecule has 2 amide bonds. The number of carbonyl (C=O) groups is 2. The minimum absolute atomic E-state index is 0.0440. The van der Waals surface area contributed by atoms with Gasteiger partial charge in [0.25, 0.3) is 0 Å². The van der Waals surface area contributed by atoms with Gasteiger partial charge in [0.1, 0.15) is 5.82 Å². The molecule has 0 unspecified atom stereocenters. The van der Waals surface area contributed by atoms with Crippen LogP contribution in [0.15, 0.2) is 47.3 Å². The zero-order valence-electron chi connectivity index (χ0n) is 16.2. The van der Waals surface area contributed by atoms with Crippen molar-refractivity contribution in [3.63, 3.8) is 0 Å². The van der Waals surface area contributed by atoms with Crippen LogP contribution in [-0.4, -0.2) is 66.9 Å². The van der Waals surface area contributed by atoms with Crippen LogP contribution >= 0.6 is 0 Å². The summed E-state index contributed by atoms with van der Waals surface area (Å²) >= 11 is 0. The van der Waals surface area contributed by atoms with E-state index in [4.69, 9.17) is 4.42 Å². The SMILES string of the molecule is O=C1NCCN(Cc2ccoc2)[C@@H]1CC(=O)N1CCN(c2ccccc2F)CC1. The number of halogens is 1. The lowest BCUT2D eigenvalue weighted by Gasteiger charge is -2.38. The third kappa shape index (κ3) is 4.42. The Labute approximate surface area is 169 Å². The highest BCUT2D eigenvalue weighted by Crippen LogP contribution is 2.21. The molecule has 0 aliphatic carbocycles. The number of para-hydroxylation sites is 1. The fourth-order valence-electron chi connectivity index (χ4n) is 3.99. The minimum Gasteiger partial charge on any atom is -0.472 e. The molecule has 1 N–H and O–H groups in total. The van der Waals surface area contributed by atoms with Gasteiger partial charge in [-0.2, -0.15) is 0 Å². The van der Waals surface area contributed by atoms with Gasteiger partial charge in [-0.1, -0.05) is 12.1 Å². The first kappa shape index (κ1) is 19.4. The van der Waals surface area contributed by atoms with E-state index < -0.39 is 6.04 Å². The predicted octanol–water partition coefficient (Wildman–Crippen LogP) is 1.46. The van der Waals surface area contributed by atoms with Crippen molar-refractivity contribution in [2.75, 3.05) is 44.2 Å². The lowest BCUT2D eigenvalue weighted by atomic mass is 10.1. The summed E-state index contributed by atoms with van der Waals surface area (Å²) in [6.07, 6.45) is 3.41. The Hall–Kier alpha value is -2.87. The van der Waals surface area contributed by atoms with Gasteiger partial charge in [-0.15, -0.1) is 0 Å². The first-order valence-corrected chi connectivity index (χ1v) is 9.92. The molecule has 29 heavy (non-hydrogen) atoms. The Morgan fingerprint density at radius 2 is 1.93 bits per heavy atom. The van der Waals surface area contributed by atoms with Gasteiger partial charge in [0.2, 0.25) is 11.8 Å². The summed E-state index contributed by atoms with van der Waals surface area (Å²) in [5, 5.41) is 2.86. The standard InChI is InChI=1S/C21H25FN4O3/c22-17-3-1-2-4-18(17)24-8-10-25(11-9-24)20(27)13-19-21(28)23-6-7-26(19)14-16-5-12-29-15-16/h1-5,12,15,19H,6-11,13-14H2,(H,23,28)/t19-/m1/s1. The number of benzene rings is 1. The molecule has 1 atom stereocenters. The summed E-state index contributed by atoms with van der Waals surface area (Å²) in [5.41, 5.74) is 1.55. The number of furan rings is 1. The van der Waals surface area contributed by atoms with Crippen LogP contribution in [0.4, 0.5) is 10.1 Å². The van der Waals surface area contributed by atoms with Crippen LogP contribution in [-0.2, 0) is 16.1 Å². The molecule has 2 aliphatic rings. The number of hydrogen-bond donors (Lipinski definition) is 1. The molecule has 8 heteroatoms. The summed E-state index contributed by atoms with van der Waals surface area (Å²) in [6, 6.07) is 8.06. The fourth-order valence-corrected chi connectivity index (χ4v) is 3.99. The zero-order valence-corrected chi connectivity index (χ0v) is 16.2. The van der Waals surface area contributed by atoms with E-state index in [0.717, 1.165) is 5.56 Å². The Morgan fingerprint density at radius 3 is 2.66 bits per heavy atom. The molecular weight excluding hydrogens is 375 g/mol. The topological polar surface area (TPSA) is 69.0 Å². The van der Waals surface area contributed by atoms with E-state index >= 15 is 0 Å². The Morgan fingerprint density at radius 1 is 1.14 bits per heavy atom. The van der Waals surface area contributed by atoms with Gasteiger partial charge in [0, 0.05) is 51.4 Å². The third-order valence-corrected chi connectivity index (χ3v) is 5.60. The van der Waals surface area contributed by atoms with E-state index in [0.29, 0.717) is 51.5 Å². The summed E-state index contributed by atoms with van der Waals surface area (Å²) in [7, 11) is 0. The van der Waals surface area contributed by atoms with Crippen LogP contribution in [0.5, 0.6) is 0 Å². The summed E-state index contributed by atoms with van der Waals surface area (Å²) in [6.45, 7) is 4.01. The highest BCUT2D eigenvalue weighted by Gasteiger charge is 2.34. The minimum atomic E-state index is -0.490. The maximum atomic E-state index is 14.0. The van der Waals surface area contributed by atoms with Gasteiger partial charge in [-0.05, 0) is 18.2 Å². The highest BCUT2D eigenvalue weighted by atomic mass is 19.1. The van der Waals surface area contributed by atoms with Crippen molar-refractivity contribution < 1.29 is 18.4 Å². The van der Waals surface area contributed by atoms with Crippen LogP contribution in [0.2, 0.25) is 0 Å². The molecule has 0 saturated carbocycles. The van der Waals surface area contributed by atoms with Crippen LogP contribution in [0.3, 0.4) is 0 Å². The van der Waals surface area contributed by atoms with Crippen LogP contribution in [0, 0.1) is 5.82 Å². The Kier molecular flexibility index (Phi) is 5.80. The molecule has 1 aromatic heterocycles. The second kappa shape index (κ2) is 8.65. The van der Waals surface area contributed by atoms with Crippen LogP contribution < -0.4 is 10.2 Å². The first-order valence-electron chi connectivity index (χ1n) is 9.92. The lowest BCUT2D eigenvalue weighted by molar-refractivity contribution is -0.139. The molecule has 2 saturated heterocycles. The number of piperazine rings is 2. The number of anilines is 1. The molecule has 7 nitrogen and oxygen atoms in total. The average Bonchev–Trinajstić information content (AvgIpc) is 3.24. The average molecular weight is 400 g/mol. The van der Waals surface area contributed by atoms with E-state index in [9.17, 15) is 14.0 Å². The molecule has 154 valence electrons. The maximum absolute atomic E-state index is 14.0. The second-order valence-electron chi connectivity index (χ2n) is 7.43. The van der Waals surface area contributed by atoms with Crippen molar-refractivity contribution in [2.45, 2.75) is 19.0 Å². The lowest BCUT2D eigenvalue weighted by Crippen LogP contribution is -2.57. The highest BCUT2D eigenvalue weighted by molar-refractivity contribution is 5.89. The molecule has 1 aromatic carbocycles. The Bertz CT molecular complexity index is 849. The van der Waals surface area contributed by atoms with Gasteiger partial charge >= 0.3 is 0 Å². The van der Waals surface area contributed by atoms with E-state index in [1.54, 1.807) is 29.6 Å². The van der Waals surface area contributed by atoms with Gasteiger partial charge in [0.15, 0.2) is 0 Å². The number of nitrogens with one attached hydrogen (secondary N) is 1. The molecule has 0 bridgehead atoms. The van der Waals surface area contributed by atoms with Crippen molar-refractivity contribution in [2.24, 2.45) is 0 Å². The molecular formula is C21H25FN4O3. The van der Waals surface area contributed by atoms with Gasteiger partial charge in [-0.3, -0.25) is 14.5 Å². The van der Waals surface area contributed by atoms with E-state index in [2.05, 4.69) is 5.32 Å². The van der Waals surface area contributed by atoms with Crippen LogP contribution in [0.25, 0.3) is 0 Å². The largest absolute Gasteiger partial charge is 0.472 e. The Balaban J connectivity index is 1.35. The molecule has 2 aromatic rings. The quantitative estimate of drug-likeness (QED) is 0.823. The van der Waals surface area contributed by atoms with Gasteiger partial charge < -0.3 is 19.5 Å². The molecule has 2 aliphatic heterocycles. The summed E-state index contributed by atoms with van der Waals surface area (Å²) < 4.78 is 19.1. The number of hydrogen-bond acceptors (Lipinski definition) is 5. The summed E-state index contributed by atoms with van der Waals surface area (Å²) in [4.78, 5) is 31.1. The number of nitrogens with zero attached hydrogens (tertiary/aromatic N) is 3. The van der Waals surface area contributed by atoms with Crippen molar-refractivity contribution >= 4 is 17.5 Å². The summed E-state index contributed by atoms with van der Waals surface area (Å²) in [5.74, 6) is -0.406. The van der Waals surface area contributed by atoms with Crippen molar-refractivity contribution in [3.8, 4) is 0 Å². The van der Waals surface area contributed by atoms with Gasteiger partial charge in [0.05, 0.1) is 30.7 Å². The molecule has 4 rings (SSSR count). The van der Waals surface area contributed by atoms with Crippen molar-refractivity contribution in [1.82, 2.24) is 15.1 Å². The molecule has 3 heterocycles. The van der Waals surface area contributed by atoms with E-state index in [1.807, 2.05) is 21.9 Å².